The Kier molecular flexibility index (Phi) is 7.91. The van der Waals surface area contributed by atoms with Gasteiger partial charge in [0.05, 0.1) is 6.61 Å². The van der Waals surface area contributed by atoms with Gasteiger partial charge in [-0.25, -0.2) is 4.98 Å². The van der Waals surface area contributed by atoms with Crippen LogP contribution in [-0.2, 0) is 11.2 Å². The Morgan fingerprint density at radius 1 is 1.25 bits per heavy atom. The number of nitrogens with zero attached hydrogens (tertiary/aromatic N) is 3. The summed E-state index contributed by atoms with van der Waals surface area (Å²) in [4.78, 5) is 11.0. The molecule has 0 aliphatic heterocycles. The predicted molar refractivity (Wildman–Crippen MR) is 80.4 cm³/mol. The molecule has 0 unspecified atom stereocenters. The zero-order valence-corrected chi connectivity index (χ0v) is 13.0. The number of rotatable bonds is 10. The standard InChI is InChI=1S/C14H26N4O2/c1-5-6-12-16-13(15-7-8-18(2)3)11-14(17-12)20-10-9-19-4/h11H,5-10H2,1-4H3,(H,15,16,17). The van der Waals surface area contributed by atoms with Gasteiger partial charge in [-0.3, -0.25) is 0 Å². The van der Waals surface area contributed by atoms with Gasteiger partial charge in [0.15, 0.2) is 0 Å². The van der Waals surface area contributed by atoms with Crippen molar-refractivity contribution in [1.29, 1.82) is 0 Å². The fraction of sp³-hybridized carbons (Fsp3) is 0.714. The van der Waals surface area contributed by atoms with Crippen LogP contribution < -0.4 is 10.1 Å². The molecule has 0 saturated heterocycles. The largest absolute Gasteiger partial charge is 0.475 e. The van der Waals surface area contributed by atoms with Gasteiger partial charge in [-0.1, -0.05) is 6.92 Å². The van der Waals surface area contributed by atoms with Crippen LogP contribution in [0, 0.1) is 0 Å². The molecule has 0 amide bonds. The number of ether oxygens (including phenoxy) is 2. The van der Waals surface area contributed by atoms with Crippen molar-refractivity contribution in [2.75, 3.05) is 52.8 Å². The van der Waals surface area contributed by atoms with E-state index in [0.29, 0.717) is 19.1 Å². The second-order valence-electron chi connectivity index (χ2n) is 4.83. The molecular formula is C14H26N4O2. The topological polar surface area (TPSA) is 59.5 Å². The third kappa shape index (κ3) is 6.68. The maximum atomic E-state index is 5.57. The Morgan fingerprint density at radius 2 is 2.05 bits per heavy atom. The summed E-state index contributed by atoms with van der Waals surface area (Å²) in [5.74, 6) is 2.24. The van der Waals surface area contributed by atoms with Crippen LogP contribution in [0.4, 0.5) is 5.82 Å². The molecule has 1 heterocycles. The minimum absolute atomic E-state index is 0.496. The maximum absolute atomic E-state index is 5.57. The van der Waals surface area contributed by atoms with E-state index in [-0.39, 0.29) is 0 Å². The molecule has 0 aliphatic rings. The van der Waals surface area contributed by atoms with E-state index < -0.39 is 0 Å². The number of aromatic nitrogens is 2. The van der Waals surface area contributed by atoms with Crippen LogP contribution in [0.3, 0.4) is 0 Å². The van der Waals surface area contributed by atoms with E-state index in [0.717, 1.165) is 37.6 Å². The molecule has 1 aromatic heterocycles. The van der Waals surface area contributed by atoms with Gasteiger partial charge >= 0.3 is 0 Å². The molecule has 0 radical (unpaired) electrons. The van der Waals surface area contributed by atoms with E-state index in [9.17, 15) is 0 Å². The number of hydrogen-bond acceptors (Lipinski definition) is 6. The number of nitrogens with one attached hydrogen (secondary N) is 1. The lowest BCUT2D eigenvalue weighted by atomic mass is 10.3. The molecular weight excluding hydrogens is 256 g/mol. The molecule has 0 aliphatic carbocycles. The van der Waals surface area contributed by atoms with Gasteiger partial charge in [-0.2, -0.15) is 4.98 Å². The summed E-state index contributed by atoms with van der Waals surface area (Å²) in [5, 5.41) is 3.30. The molecule has 6 nitrogen and oxygen atoms in total. The average Bonchev–Trinajstić information content (AvgIpc) is 2.39. The lowest BCUT2D eigenvalue weighted by Gasteiger charge is -2.13. The molecule has 0 atom stereocenters. The highest BCUT2D eigenvalue weighted by Crippen LogP contribution is 2.14. The molecule has 114 valence electrons. The van der Waals surface area contributed by atoms with Crippen molar-refractivity contribution in [3.63, 3.8) is 0 Å². The summed E-state index contributed by atoms with van der Waals surface area (Å²) < 4.78 is 10.5. The molecule has 0 bridgehead atoms. The van der Waals surface area contributed by atoms with Crippen LogP contribution in [0.15, 0.2) is 6.07 Å². The van der Waals surface area contributed by atoms with E-state index in [4.69, 9.17) is 9.47 Å². The third-order valence-corrected chi connectivity index (χ3v) is 2.63. The lowest BCUT2D eigenvalue weighted by Crippen LogP contribution is -2.21. The second kappa shape index (κ2) is 9.50. The van der Waals surface area contributed by atoms with Crippen molar-refractivity contribution in [2.24, 2.45) is 0 Å². The van der Waals surface area contributed by atoms with Crippen molar-refractivity contribution in [3.05, 3.63) is 11.9 Å². The summed E-state index contributed by atoms with van der Waals surface area (Å²) in [6, 6.07) is 1.84. The van der Waals surface area contributed by atoms with Crippen molar-refractivity contribution in [2.45, 2.75) is 19.8 Å². The van der Waals surface area contributed by atoms with Crippen LogP contribution in [0.1, 0.15) is 19.2 Å². The Balaban J connectivity index is 2.65. The highest BCUT2D eigenvalue weighted by atomic mass is 16.5. The molecule has 1 rings (SSSR count). The van der Waals surface area contributed by atoms with Gasteiger partial charge in [-0.15, -0.1) is 0 Å². The van der Waals surface area contributed by atoms with E-state index >= 15 is 0 Å². The predicted octanol–water partition coefficient (Wildman–Crippen LogP) is 1.43. The highest BCUT2D eigenvalue weighted by Gasteiger charge is 2.05. The number of anilines is 1. The minimum atomic E-state index is 0.496. The summed E-state index contributed by atoms with van der Waals surface area (Å²) in [6.45, 7) is 4.95. The zero-order valence-electron chi connectivity index (χ0n) is 13.0. The number of likely N-dealkylation sites (N-methyl/N-ethyl adjacent to an activating group) is 1. The van der Waals surface area contributed by atoms with Crippen molar-refractivity contribution in [3.8, 4) is 5.88 Å². The summed E-state index contributed by atoms with van der Waals surface area (Å²) >= 11 is 0. The lowest BCUT2D eigenvalue weighted by molar-refractivity contribution is 0.143. The average molecular weight is 282 g/mol. The molecule has 20 heavy (non-hydrogen) atoms. The first kappa shape index (κ1) is 16.7. The van der Waals surface area contributed by atoms with Crippen molar-refractivity contribution in [1.82, 2.24) is 14.9 Å². The van der Waals surface area contributed by atoms with E-state index in [2.05, 4.69) is 27.1 Å². The fourth-order valence-electron chi connectivity index (χ4n) is 1.61. The Hall–Kier alpha value is -1.40. The Morgan fingerprint density at radius 3 is 2.70 bits per heavy atom. The van der Waals surface area contributed by atoms with Gasteiger partial charge in [0, 0.05) is 32.7 Å². The molecule has 0 saturated carbocycles. The maximum Gasteiger partial charge on any atom is 0.218 e. The van der Waals surface area contributed by atoms with Crippen molar-refractivity contribution >= 4 is 5.82 Å². The fourth-order valence-corrected chi connectivity index (χ4v) is 1.61. The SMILES string of the molecule is CCCc1nc(NCCN(C)C)cc(OCCOC)n1. The highest BCUT2D eigenvalue weighted by molar-refractivity contribution is 5.38. The Bertz CT molecular complexity index is 385. The molecule has 0 fully saturated rings. The summed E-state index contributed by atoms with van der Waals surface area (Å²) in [5.41, 5.74) is 0. The van der Waals surface area contributed by atoms with Gasteiger partial charge in [0.1, 0.15) is 18.2 Å². The number of aryl methyl sites for hydroxylation is 1. The first-order chi connectivity index (χ1) is 9.65. The quantitative estimate of drug-likeness (QED) is 0.655. The summed E-state index contributed by atoms with van der Waals surface area (Å²) in [6.07, 6.45) is 1.86. The first-order valence-electron chi connectivity index (χ1n) is 7.04. The number of hydrogen-bond donors (Lipinski definition) is 1. The minimum Gasteiger partial charge on any atom is -0.475 e. The molecule has 0 spiro atoms. The number of methoxy groups -OCH3 is 1. The normalized spacial score (nSPS) is 10.8. The Labute approximate surface area is 121 Å². The summed E-state index contributed by atoms with van der Waals surface area (Å²) in [7, 11) is 5.74. The third-order valence-electron chi connectivity index (χ3n) is 2.63. The monoisotopic (exact) mass is 282 g/mol. The van der Waals surface area contributed by atoms with Crippen LogP contribution in [-0.4, -0.2) is 62.4 Å². The molecule has 0 aromatic carbocycles. The first-order valence-corrected chi connectivity index (χ1v) is 7.04. The van der Waals surface area contributed by atoms with Crippen LogP contribution >= 0.6 is 0 Å². The molecule has 1 N–H and O–H groups in total. The second-order valence-corrected chi connectivity index (χ2v) is 4.83. The molecule has 6 heteroatoms. The molecule has 1 aromatic rings. The van der Waals surface area contributed by atoms with Gasteiger partial charge in [0.25, 0.3) is 0 Å². The smallest absolute Gasteiger partial charge is 0.218 e. The van der Waals surface area contributed by atoms with E-state index in [1.54, 1.807) is 7.11 Å². The van der Waals surface area contributed by atoms with Crippen molar-refractivity contribution < 1.29 is 9.47 Å². The van der Waals surface area contributed by atoms with Gasteiger partial charge in [0.2, 0.25) is 5.88 Å². The van der Waals surface area contributed by atoms with Gasteiger partial charge < -0.3 is 19.7 Å². The van der Waals surface area contributed by atoms with E-state index in [1.165, 1.54) is 0 Å². The van der Waals surface area contributed by atoms with Gasteiger partial charge in [-0.05, 0) is 20.5 Å². The van der Waals surface area contributed by atoms with Crippen LogP contribution in [0.2, 0.25) is 0 Å². The zero-order chi connectivity index (χ0) is 14.8. The van der Waals surface area contributed by atoms with Crippen LogP contribution in [0.25, 0.3) is 0 Å². The van der Waals surface area contributed by atoms with Crippen LogP contribution in [0.5, 0.6) is 5.88 Å². The van der Waals surface area contributed by atoms with E-state index in [1.807, 2.05) is 20.2 Å².